The normalized spacial score (nSPS) is 17.1. The van der Waals surface area contributed by atoms with E-state index < -0.39 is 0 Å². The second kappa shape index (κ2) is 12.8. The molecule has 0 N–H and O–H groups in total. The molecule has 0 radical (unpaired) electrons. The average Bonchev–Trinajstić information content (AvgIpc) is 3.55. The molecule has 0 saturated heterocycles. The minimum absolute atomic E-state index is 0.00853. The lowest BCUT2D eigenvalue weighted by molar-refractivity contribution is 0.282. The summed E-state index contributed by atoms with van der Waals surface area (Å²) >= 11 is 0. The average molecular weight is 819 g/mol. The molecule has 0 amide bonds. The summed E-state index contributed by atoms with van der Waals surface area (Å²) in [6.45, 7) is 37.8. The van der Waals surface area contributed by atoms with Gasteiger partial charge < -0.3 is 14.2 Å². The molecule has 3 nitrogen and oxygen atoms in total. The Kier molecular flexibility index (Phi) is 8.50. The zero-order valence-corrected chi connectivity index (χ0v) is 40.5. The Hall–Kier alpha value is -4.96. The largest absolute Gasteiger partial charge is 0.472 e. The van der Waals surface area contributed by atoms with E-state index in [0.717, 1.165) is 24.3 Å². The molecular formula is C58H67BN2O. The van der Waals surface area contributed by atoms with Crippen LogP contribution in [0.5, 0.6) is 0 Å². The van der Waals surface area contributed by atoms with E-state index in [2.05, 4.69) is 212 Å². The van der Waals surface area contributed by atoms with Gasteiger partial charge in [-0.25, -0.2) is 0 Å². The fraction of sp³-hybridized carbons (Fsp3) is 0.414. The number of hydrogen-bond acceptors (Lipinski definition) is 3. The number of nitrogens with zero attached hydrogens (tertiary/aromatic N) is 2. The maximum atomic E-state index is 7.73. The molecule has 5 aromatic carbocycles. The first-order valence-electron chi connectivity index (χ1n) is 23.3. The molecule has 4 aliphatic rings. The quantitative estimate of drug-likeness (QED) is 0.154. The molecule has 3 aliphatic heterocycles. The van der Waals surface area contributed by atoms with Crippen LogP contribution >= 0.6 is 0 Å². The third-order valence-corrected chi connectivity index (χ3v) is 15.0. The van der Waals surface area contributed by atoms with E-state index >= 15 is 0 Å². The van der Waals surface area contributed by atoms with Crippen molar-refractivity contribution in [1.29, 1.82) is 0 Å². The number of benzene rings is 5. The zero-order valence-electron chi connectivity index (χ0n) is 40.5. The van der Waals surface area contributed by atoms with E-state index in [1.54, 1.807) is 0 Å². The summed E-state index contributed by atoms with van der Waals surface area (Å²) in [7, 11) is 0. The molecule has 1 aliphatic carbocycles. The van der Waals surface area contributed by atoms with Gasteiger partial charge in [-0.15, -0.1) is 0 Å². The van der Waals surface area contributed by atoms with Gasteiger partial charge in [-0.1, -0.05) is 159 Å². The van der Waals surface area contributed by atoms with E-state index in [0.29, 0.717) is 0 Å². The summed E-state index contributed by atoms with van der Waals surface area (Å²) in [5, 5.41) is 0. The van der Waals surface area contributed by atoms with Crippen molar-refractivity contribution >= 4 is 57.4 Å². The fourth-order valence-electron chi connectivity index (χ4n) is 11.0. The lowest BCUT2D eigenvalue weighted by Gasteiger charge is -2.45. The molecule has 0 unspecified atom stereocenters. The molecule has 4 heterocycles. The zero-order chi connectivity index (χ0) is 44.4. The van der Waals surface area contributed by atoms with E-state index in [4.69, 9.17) is 4.42 Å². The Bertz CT molecular complexity index is 2840. The standard InChI is InChI=1S/C58H67BN2O/c1-53(2,3)34-21-24-38(25-22-34)60-45-32-37(56(10,11)12)33-46-48(45)59(52-50(60)47-51(62-52)58(15,16)28-27-57(47,13)14)43-31-36(55(7,8)9)30-42-40-20-18-17-19-39(40)41-29-35(54(4,5)6)23-26-44(41)61(46)49(42)43/h17-26,29-33H,27-28H2,1-16H3. The topological polar surface area (TPSA) is 19.6 Å². The molecule has 62 heavy (non-hydrogen) atoms. The maximum Gasteiger partial charge on any atom is 0.297 e. The Morgan fingerprint density at radius 3 is 1.60 bits per heavy atom. The van der Waals surface area contributed by atoms with Gasteiger partial charge in [0.25, 0.3) is 6.71 Å². The molecular weight excluding hydrogens is 751 g/mol. The minimum atomic E-state index is -0.118. The third-order valence-electron chi connectivity index (χ3n) is 15.0. The molecule has 0 saturated carbocycles. The fourth-order valence-corrected chi connectivity index (χ4v) is 11.0. The van der Waals surface area contributed by atoms with Crippen LogP contribution in [0.15, 0.2) is 95.4 Å². The third kappa shape index (κ3) is 5.97. The van der Waals surface area contributed by atoms with Crippen LogP contribution in [0.3, 0.4) is 0 Å². The van der Waals surface area contributed by atoms with Crippen LogP contribution in [0.4, 0.5) is 34.1 Å². The van der Waals surface area contributed by atoms with Crippen molar-refractivity contribution in [3.05, 3.63) is 125 Å². The maximum absolute atomic E-state index is 7.73. The van der Waals surface area contributed by atoms with E-state index in [1.807, 2.05) is 0 Å². The Morgan fingerprint density at radius 2 is 1.00 bits per heavy atom. The monoisotopic (exact) mass is 819 g/mol. The van der Waals surface area contributed by atoms with Gasteiger partial charge in [-0.05, 0) is 127 Å². The summed E-state index contributed by atoms with van der Waals surface area (Å²) in [5.41, 5.74) is 22.7. The number of rotatable bonds is 1. The van der Waals surface area contributed by atoms with Gasteiger partial charge in [0, 0.05) is 44.9 Å². The molecule has 6 aromatic rings. The molecule has 10 rings (SSSR count). The van der Waals surface area contributed by atoms with Crippen molar-refractivity contribution in [3.63, 3.8) is 0 Å². The highest BCUT2D eigenvalue weighted by atomic mass is 16.3. The number of furan rings is 1. The van der Waals surface area contributed by atoms with Gasteiger partial charge in [0.2, 0.25) is 0 Å². The van der Waals surface area contributed by atoms with Crippen molar-refractivity contribution in [3.8, 4) is 22.3 Å². The molecule has 318 valence electrons. The second-order valence-electron chi connectivity index (χ2n) is 24.6. The van der Waals surface area contributed by atoms with E-state index in [1.165, 1.54) is 95.1 Å². The summed E-state index contributed by atoms with van der Waals surface area (Å²) in [6, 6.07) is 36.1. The van der Waals surface area contributed by atoms with Gasteiger partial charge in [-0.2, -0.15) is 0 Å². The highest BCUT2D eigenvalue weighted by Gasteiger charge is 2.53. The number of anilines is 6. The van der Waals surface area contributed by atoms with Crippen molar-refractivity contribution < 1.29 is 4.42 Å². The van der Waals surface area contributed by atoms with Crippen molar-refractivity contribution in [2.45, 2.75) is 156 Å². The molecule has 0 spiro atoms. The van der Waals surface area contributed by atoms with Crippen LogP contribution in [0, 0.1) is 0 Å². The smallest absolute Gasteiger partial charge is 0.297 e. The van der Waals surface area contributed by atoms with Crippen molar-refractivity contribution in [2.75, 3.05) is 9.80 Å². The first kappa shape index (κ1) is 41.1. The molecule has 0 atom stereocenters. The van der Waals surface area contributed by atoms with Gasteiger partial charge in [0.1, 0.15) is 5.76 Å². The van der Waals surface area contributed by atoms with Crippen molar-refractivity contribution in [2.24, 2.45) is 0 Å². The number of hydrogen-bond donors (Lipinski definition) is 0. The van der Waals surface area contributed by atoms with E-state index in [-0.39, 0.29) is 39.2 Å². The molecule has 4 heteroatoms. The summed E-state index contributed by atoms with van der Waals surface area (Å²) in [5.74, 6) is 1.16. The van der Waals surface area contributed by atoms with Crippen LogP contribution in [-0.2, 0) is 32.5 Å². The highest BCUT2D eigenvalue weighted by molar-refractivity contribution is 6.99. The molecule has 1 aromatic heterocycles. The van der Waals surface area contributed by atoms with Gasteiger partial charge in [-0.3, -0.25) is 0 Å². The predicted octanol–water partition coefficient (Wildman–Crippen LogP) is 14.5. The van der Waals surface area contributed by atoms with Crippen LogP contribution in [0.25, 0.3) is 22.3 Å². The summed E-state index contributed by atoms with van der Waals surface area (Å²) < 4.78 is 7.73. The first-order valence-corrected chi connectivity index (χ1v) is 23.3. The molecule has 0 bridgehead atoms. The molecule has 0 fully saturated rings. The SMILES string of the molecule is CC(C)(C)c1ccc(N2c3cc(C(C)(C)C)cc4c3B(c3cc(C(C)(C)C)cc5c3N4c3ccc(C(C)(C)C)cc3-c3ccccc3-5)c3oc4c(c32)C(C)(C)CCC4(C)C)cc1. The Labute approximate surface area is 373 Å². The van der Waals surface area contributed by atoms with Crippen LogP contribution in [0.2, 0.25) is 0 Å². The lowest BCUT2D eigenvalue weighted by Crippen LogP contribution is -2.61. The van der Waals surface area contributed by atoms with Gasteiger partial charge >= 0.3 is 0 Å². The van der Waals surface area contributed by atoms with E-state index in [9.17, 15) is 0 Å². The number of fused-ring (bicyclic) bond motifs is 11. The Balaban J connectivity index is 1.41. The predicted molar refractivity (Wildman–Crippen MR) is 267 cm³/mol. The second-order valence-corrected chi connectivity index (χ2v) is 24.6. The highest BCUT2D eigenvalue weighted by Crippen LogP contribution is 2.58. The van der Waals surface area contributed by atoms with Gasteiger partial charge in [0.15, 0.2) is 0 Å². The van der Waals surface area contributed by atoms with Crippen LogP contribution < -0.4 is 26.4 Å². The van der Waals surface area contributed by atoms with Crippen LogP contribution in [0.1, 0.15) is 157 Å². The van der Waals surface area contributed by atoms with Crippen molar-refractivity contribution in [1.82, 2.24) is 0 Å². The lowest BCUT2D eigenvalue weighted by atomic mass is 9.35. The van der Waals surface area contributed by atoms with Gasteiger partial charge in [0.05, 0.1) is 17.0 Å². The van der Waals surface area contributed by atoms with Crippen LogP contribution in [-0.4, -0.2) is 6.71 Å². The minimum Gasteiger partial charge on any atom is -0.472 e. The first-order chi connectivity index (χ1) is 28.8. The summed E-state index contributed by atoms with van der Waals surface area (Å²) in [4.78, 5) is 5.31. The summed E-state index contributed by atoms with van der Waals surface area (Å²) in [6.07, 6.45) is 2.19. The Morgan fingerprint density at radius 1 is 0.484 bits per heavy atom.